The Hall–Kier alpha value is -2.52. The highest BCUT2D eigenvalue weighted by molar-refractivity contribution is 6.39. The number of hydrogen-bond acceptors (Lipinski definition) is 6. The van der Waals surface area contributed by atoms with Gasteiger partial charge in [-0.2, -0.15) is 0 Å². The molecule has 2 rings (SSSR count). The lowest BCUT2D eigenvalue weighted by molar-refractivity contribution is -0.384. The Kier molecular flexibility index (Phi) is 5.61. The molecule has 1 fully saturated rings. The predicted octanol–water partition coefficient (Wildman–Crippen LogP) is -0.330. The molecule has 1 aromatic carbocycles. The molecule has 9 nitrogen and oxygen atoms in total. The quantitative estimate of drug-likeness (QED) is 0.445. The maximum atomic E-state index is 12.1. The second kappa shape index (κ2) is 7.65. The number of nitro benzene ring substituents is 1. The monoisotopic (exact) mass is 322 g/mol. The zero-order valence-corrected chi connectivity index (χ0v) is 12.5. The third-order valence-electron chi connectivity index (χ3n) is 3.61. The van der Waals surface area contributed by atoms with Gasteiger partial charge in [-0.05, 0) is 12.1 Å². The van der Waals surface area contributed by atoms with Gasteiger partial charge in [0.25, 0.3) is 5.69 Å². The summed E-state index contributed by atoms with van der Waals surface area (Å²) in [6.45, 7) is 2.68. The number of hydrogen-bond donors (Lipinski definition) is 2. The van der Waals surface area contributed by atoms with E-state index in [0.717, 1.165) is 0 Å². The van der Waals surface area contributed by atoms with Gasteiger partial charge in [-0.3, -0.25) is 24.6 Å². The number of amides is 2. The largest absolute Gasteiger partial charge is 0.395 e. The fourth-order valence-electron chi connectivity index (χ4n) is 2.31. The van der Waals surface area contributed by atoms with E-state index >= 15 is 0 Å². The SMILES string of the molecule is O=C(Nc1ccc([N+](=O)[O-])cc1)C(=O)N1CCN(CCO)CC1. The van der Waals surface area contributed by atoms with Crippen LogP contribution < -0.4 is 5.32 Å². The van der Waals surface area contributed by atoms with Gasteiger partial charge in [-0.25, -0.2) is 0 Å². The summed E-state index contributed by atoms with van der Waals surface area (Å²) in [5.41, 5.74) is 0.238. The second-order valence-electron chi connectivity index (χ2n) is 5.12. The lowest BCUT2D eigenvalue weighted by Crippen LogP contribution is -2.52. The number of carbonyl (C=O) groups excluding carboxylic acids is 2. The van der Waals surface area contributed by atoms with E-state index in [-0.39, 0.29) is 12.3 Å². The normalized spacial score (nSPS) is 15.3. The number of anilines is 1. The number of nitrogens with zero attached hydrogens (tertiary/aromatic N) is 3. The number of piperazine rings is 1. The van der Waals surface area contributed by atoms with E-state index in [1.54, 1.807) is 0 Å². The van der Waals surface area contributed by atoms with Gasteiger partial charge in [-0.1, -0.05) is 0 Å². The van der Waals surface area contributed by atoms with Crippen LogP contribution in [0.15, 0.2) is 24.3 Å². The molecule has 23 heavy (non-hydrogen) atoms. The van der Waals surface area contributed by atoms with Gasteiger partial charge in [-0.15, -0.1) is 0 Å². The Morgan fingerprint density at radius 2 is 1.78 bits per heavy atom. The van der Waals surface area contributed by atoms with Crippen LogP contribution in [0.1, 0.15) is 0 Å². The van der Waals surface area contributed by atoms with Crippen molar-refractivity contribution in [1.82, 2.24) is 9.80 Å². The Balaban J connectivity index is 1.88. The van der Waals surface area contributed by atoms with E-state index in [0.29, 0.717) is 38.4 Å². The molecule has 2 amide bonds. The molecule has 0 radical (unpaired) electrons. The van der Waals surface area contributed by atoms with E-state index < -0.39 is 16.7 Å². The molecule has 1 heterocycles. The van der Waals surface area contributed by atoms with Crippen LogP contribution in [0.4, 0.5) is 11.4 Å². The molecule has 0 atom stereocenters. The van der Waals surface area contributed by atoms with Gasteiger partial charge in [0.05, 0.1) is 11.5 Å². The number of aliphatic hydroxyl groups is 1. The second-order valence-corrected chi connectivity index (χ2v) is 5.12. The highest BCUT2D eigenvalue weighted by atomic mass is 16.6. The van der Waals surface area contributed by atoms with Crippen LogP contribution >= 0.6 is 0 Å². The van der Waals surface area contributed by atoms with Gasteiger partial charge < -0.3 is 15.3 Å². The van der Waals surface area contributed by atoms with E-state index in [1.165, 1.54) is 29.2 Å². The molecule has 0 unspecified atom stereocenters. The third kappa shape index (κ3) is 4.47. The van der Waals surface area contributed by atoms with Crippen molar-refractivity contribution in [3.8, 4) is 0 Å². The van der Waals surface area contributed by atoms with Gasteiger partial charge in [0.15, 0.2) is 0 Å². The van der Waals surface area contributed by atoms with Crippen LogP contribution in [0, 0.1) is 10.1 Å². The Morgan fingerprint density at radius 1 is 1.17 bits per heavy atom. The fourth-order valence-corrected chi connectivity index (χ4v) is 2.31. The average Bonchev–Trinajstić information content (AvgIpc) is 2.55. The minimum Gasteiger partial charge on any atom is -0.395 e. The number of nitro groups is 1. The number of non-ortho nitro benzene ring substituents is 1. The number of carbonyl (C=O) groups is 2. The summed E-state index contributed by atoms with van der Waals surface area (Å²) >= 11 is 0. The van der Waals surface area contributed by atoms with Crippen molar-refractivity contribution in [2.45, 2.75) is 0 Å². The molecule has 1 aliphatic rings. The van der Waals surface area contributed by atoms with E-state index in [9.17, 15) is 19.7 Å². The Morgan fingerprint density at radius 3 is 2.30 bits per heavy atom. The van der Waals surface area contributed by atoms with Crippen molar-refractivity contribution in [3.05, 3.63) is 34.4 Å². The Bertz CT molecular complexity index is 581. The first-order valence-electron chi connectivity index (χ1n) is 7.19. The summed E-state index contributed by atoms with van der Waals surface area (Å²) in [5.74, 6) is -1.40. The maximum Gasteiger partial charge on any atom is 0.313 e. The minimum atomic E-state index is -0.769. The molecule has 0 saturated carbocycles. The van der Waals surface area contributed by atoms with Crippen LogP contribution in [0.5, 0.6) is 0 Å². The van der Waals surface area contributed by atoms with Gasteiger partial charge in [0.2, 0.25) is 0 Å². The molecule has 0 aromatic heterocycles. The highest BCUT2D eigenvalue weighted by Gasteiger charge is 2.25. The molecular weight excluding hydrogens is 304 g/mol. The lowest BCUT2D eigenvalue weighted by Gasteiger charge is -2.33. The molecule has 9 heteroatoms. The van der Waals surface area contributed by atoms with Crippen molar-refractivity contribution < 1.29 is 19.6 Å². The van der Waals surface area contributed by atoms with E-state index in [2.05, 4.69) is 5.32 Å². The first kappa shape index (κ1) is 16.8. The summed E-state index contributed by atoms with van der Waals surface area (Å²) < 4.78 is 0. The third-order valence-corrected chi connectivity index (χ3v) is 3.61. The first-order valence-corrected chi connectivity index (χ1v) is 7.19. The average molecular weight is 322 g/mol. The molecule has 0 spiro atoms. The summed E-state index contributed by atoms with van der Waals surface area (Å²) in [5, 5.41) is 21.9. The lowest BCUT2D eigenvalue weighted by atomic mass is 10.2. The molecule has 1 aromatic rings. The summed E-state index contributed by atoms with van der Waals surface area (Å²) in [6, 6.07) is 5.27. The number of rotatable bonds is 4. The van der Waals surface area contributed by atoms with Gasteiger partial charge >= 0.3 is 11.8 Å². The smallest absolute Gasteiger partial charge is 0.313 e. The molecular formula is C14H18N4O5. The molecule has 0 bridgehead atoms. The summed E-state index contributed by atoms with van der Waals surface area (Å²) in [7, 11) is 0. The minimum absolute atomic E-state index is 0.0641. The predicted molar refractivity (Wildman–Crippen MR) is 81.8 cm³/mol. The molecule has 1 saturated heterocycles. The molecule has 1 aliphatic heterocycles. The van der Waals surface area contributed by atoms with Gasteiger partial charge in [0.1, 0.15) is 0 Å². The zero-order chi connectivity index (χ0) is 16.8. The van der Waals surface area contributed by atoms with E-state index in [4.69, 9.17) is 5.11 Å². The number of β-amino-alcohol motifs (C(OH)–C–C–N with tert-alkyl or cyclic N) is 1. The number of benzene rings is 1. The van der Waals surface area contributed by atoms with Crippen molar-refractivity contribution in [1.29, 1.82) is 0 Å². The van der Waals surface area contributed by atoms with Crippen molar-refractivity contribution in [2.75, 3.05) is 44.6 Å². The van der Waals surface area contributed by atoms with Crippen molar-refractivity contribution >= 4 is 23.2 Å². The van der Waals surface area contributed by atoms with Crippen LogP contribution in [0.3, 0.4) is 0 Å². The number of nitrogens with one attached hydrogen (secondary N) is 1. The molecule has 124 valence electrons. The van der Waals surface area contributed by atoms with Crippen LogP contribution in [0.2, 0.25) is 0 Å². The van der Waals surface area contributed by atoms with Gasteiger partial charge in [0, 0.05) is 50.5 Å². The van der Waals surface area contributed by atoms with Crippen molar-refractivity contribution in [3.63, 3.8) is 0 Å². The fraction of sp³-hybridized carbons (Fsp3) is 0.429. The highest BCUT2D eigenvalue weighted by Crippen LogP contribution is 2.15. The first-order chi connectivity index (χ1) is 11.0. The van der Waals surface area contributed by atoms with Crippen LogP contribution in [-0.4, -0.2) is 71.0 Å². The van der Waals surface area contributed by atoms with Crippen LogP contribution in [-0.2, 0) is 9.59 Å². The number of aliphatic hydroxyl groups excluding tert-OH is 1. The standard InChI is InChI=1S/C14H18N4O5/c19-10-9-16-5-7-17(8-6-16)14(21)13(20)15-11-1-3-12(4-2-11)18(22)23/h1-4,19H,5-10H2,(H,15,20). The zero-order valence-electron chi connectivity index (χ0n) is 12.5. The molecule has 2 N–H and O–H groups in total. The van der Waals surface area contributed by atoms with Crippen molar-refractivity contribution in [2.24, 2.45) is 0 Å². The summed E-state index contributed by atoms with van der Waals surface area (Å²) in [6.07, 6.45) is 0. The van der Waals surface area contributed by atoms with E-state index in [1.807, 2.05) is 4.90 Å². The van der Waals surface area contributed by atoms with Crippen LogP contribution in [0.25, 0.3) is 0 Å². The topological polar surface area (TPSA) is 116 Å². The molecule has 0 aliphatic carbocycles. The summed E-state index contributed by atoms with van der Waals surface area (Å²) in [4.78, 5) is 37.5. The maximum absolute atomic E-state index is 12.1. The Labute approximate surface area is 132 Å².